The van der Waals surface area contributed by atoms with Gasteiger partial charge in [-0.3, -0.25) is 14.4 Å². The number of esters is 3. The molecule has 8 nitrogen and oxygen atoms in total. The number of carbonyl (C=O) groups excluding carboxylic acids is 3. The molecule has 0 aromatic heterocycles. The fourth-order valence-corrected chi connectivity index (χ4v) is 1.84. The molecular formula is C12H18O8. The molecule has 1 fully saturated rings. The summed E-state index contributed by atoms with van der Waals surface area (Å²) < 4.78 is 19.9. The van der Waals surface area contributed by atoms with Crippen LogP contribution in [0.3, 0.4) is 0 Å². The molecule has 1 N–H and O–H groups in total. The number of aliphatic hydroxyl groups is 1. The van der Waals surface area contributed by atoms with Crippen LogP contribution in [0.4, 0.5) is 0 Å². The normalized spacial score (nSPS) is 29.4. The molecule has 0 aliphatic carbocycles. The highest BCUT2D eigenvalue weighted by Gasteiger charge is 2.44. The maximum atomic E-state index is 11.1. The summed E-state index contributed by atoms with van der Waals surface area (Å²) in [7, 11) is 0. The predicted octanol–water partition coefficient (Wildman–Crippen LogP) is -0.827. The molecule has 20 heavy (non-hydrogen) atoms. The van der Waals surface area contributed by atoms with Gasteiger partial charge < -0.3 is 24.1 Å². The van der Waals surface area contributed by atoms with Gasteiger partial charge in [-0.25, -0.2) is 0 Å². The molecular weight excluding hydrogens is 272 g/mol. The molecule has 1 saturated heterocycles. The summed E-state index contributed by atoms with van der Waals surface area (Å²) in [6.07, 6.45) is -4.09. The van der Waals surface area contributed by atoms with E-state index in [2.05, 4.69) is 0 Å². The van der Waals surface area contributed by atoms with Crippen molar-refractivity contribution in [3.05, 3.63) is 0 Å². The molecule has 0 aromatic rings. The first-order chi connectivity index (χ1) is 9.31. The Bertz CT molecular complexity index is 380. The van der Waals surface area contributed by atoms with E-state index in [0.29, 0.717) is 0 Å². The van der Waals surface area contributed by atoms with E-state index in [-0.39, 0.29) is 13.2 Å². The average molecular weight is 290 g/mol. The monoisotopic (exact) mass is 290 g/mol. The van der Waals surface area contributed by atoms with Crippen molar-refractivity contribution in [2.45, 2.75) is 45.2 Å². The van der Waals surface area contributed by atoms with Crippen molar-refractivity contribution in [3.8, 4) is 0 Å². The number of carbonyl (C=O) groups is 3. The number of hydrogen-bond acceptors (Lipinski definition) is 8. The van der Waals surface area contributed by atoms with Crippen molar-refractivity contribution in [1.29, 1.82) is 0 Å². The highest BCUT2D eigenvalue weighted by Crippen LogP contribution is 2.21. The number of hydrogen-bond donors (Lipinski definition) is 1. The van der Waals surface area contributed by atoms with Crippen molar-refractivity contribution < 1.29 is 38.4 Å². The summed E-state index contributed by atoms with van der Waals surface area (Å²) in [4.78, 5) is 32.8. The summed E-state index contributed by atoms with van der Waals surface area (Å²) >= 11 is 0. The van der Waals surface area contributed by atoms with Crippen LogP contribution in [0, 0.1) is 0 Å². The molecule has 0 amide bonds. The first-order valence-corrected chi connectivity index (χ1v) is 6.08. The topological polar surface area (TPSA) is 108 Å². The van der Waals surface area contributed by atoms with Crippen molar-refractivity contribution >= 4 is 17.9 Å². The fourth-order valence-electron chi connectivity index (χ4n) is 1.84. The van der Waals surface area contributed by atoms with E-state index in [1.165, 1.54) is 20.8 Å². The third kappa shape index (κ3) is 4.78. The molecule has 8 heteroatoms. The second-order valence-electron chi connectivity index (χ2n) is 4.39. The summed E-state index contributed by atoms with van der Waals surface area (Å²) in [6.45, 7) is 3.35. The number of ether oxygens (including phenoxy) is 4. The zero-order chi connectivity index (χ0) is 15.3. The van der Waals surface area contributed by atoms with Crippen molar-refractivity contribution in [2.24, 2.45) is 0 Å². The molecule has 1 heterocycles. The summed E-state index contributed by atoms with van der Waals surface area (Å²) in [6, 6.07) is 0. The minimum Gasteiger partial charge on any atom is -0.463 e. The standard InChI is InChI=1S/C12H18O8/c1-6(13)17-4-9-11(16)12(20-8(3)15)10(5-18-9)19-7(2)14/h9-12,16H,4-5H2,1-3H3/t9-,10+,11-,12-/m1/s1. The van der Waals surface area contributed by atoms with E-state index < -0.39 is 42.3 Å². The van der Waals surface area contributed by atoms with Crippen LogP contribution in [0.2, 0.25) is 0 Å². The lowest BCUT2D eigenvalue weighted by molar-refractivity contribution is -0.223. The van der Waals surface area contributed by atoms with Gasteiger partial charge in [0, 0.05) is 20.8 Å². The van der Waals surface area contributed by atoms with Crippen LogP contribution in [0.5, 0.6) is 0 Å². The van der Waals surface area contributed by atoms with E-state index in [1.807, 2.05) is 0 Å². The summed E-state index contributed by atoms with van der Waals surface area (Å²) in [5, 5.41) is 10.1. The molecule has 1 aliphatic rings. The summed E-state index contributed by atoms with van der Waals surface area (Å²) in [5.74, 6) is -1.73. The Morgan fingerprint density at radius 2 is 1.70 bits per heavy atom. The lowest BCUT2D eigenvalue weighted by atomic mass is 10.00. The lowest BCUT2D eigenvalue weighted by Gasteiger charge is -2.38. The Labute approximate surface area is 115 Å². The molecule has 0 saturated carbocycles. The van der Waals surface area contributed by atoms with Crippen molar-refractivity contribution in [1.82, 2.24) is 0 Å². The second-order valence-corrected chi connectivity index (χ2v) is 4.39. The van der Waals surface area contributed by atoms with Crippen molar-refractivity contribution in [3.63, 3.8) is 0 Å². The minimum absolute atomic E-state index is 0.0689. The average Bonchev–Trinajstić information content (AvgIpc) is 2.31. The van der Waals surface area contributed by atoms with E-state index >= 15 is 0 Å². The van der Waals surface area contributed by atoms with Gasteiger partial charge >= 0.3 is 17.9 Å². The van der Waals surface area contributed by atoms with Gasteiger partial charge in [-0.15, -0.1) is 0 Å². The second kappa shape index (κ2) is 7.20. The van der Waals surface area contributed by atoms with Crippen LogP contribution in [-0.4, -0.2) is 60.6 Å². The van der Waals surface area contributed by atoms with Crippen LogP contribution < -0.4 is 0 Å². The largest absolute Gasteiger partial charge is 0.463 e. The van der Waals surface area contributed by atoms with Gasteiger partial charge in [-0.05, 0) is 0 Å². The third-order valence-electron chi connectivity index (χ3n) is 2.63. The Kier molecular flexibility index (Phi) is 5.90. The SMILES string of the molecule is CC(=O)OC[C@H]1OC[C@H](OC(C)=O)[C@@H](OC(C)=O)[C@@H]1O. The van der Waals surface area contributed by atoms with Gasteiger partial charge in [0.05, 0.1) is 6.61 Å². The minimum atomic E-state index is -1.27. The molecule has 4 atom stereocenters. The van der Waals surface area contributed by atoms with E-state index in [1.54, 1.807) is 0 Å². The highest BCUT2D eigenvalue weighted by molar-refractivity contribution is 5.67. The maximum absolute atomic E-state index is 11.1. The Hall–Kier alpha value is -1.67. The summed E-state index contributed by atoms with van der Waals surface area (Å²) in [5.41, 5.74) is 0. The van der Waals surface area contributed by atoms with Crippen LogP contribution >= 0.6 is 0 Å². The van der Waals surface area contributed by atoms with Gasteiger partial charge in [-0.2, -0.15) is 0 Å². The predicted molar refractivity (Wildman–Crippen MR) is 63.5 cm³/mol. The van der Waals surface area contributed by atoms with Crippen LogP contribution in [0.1, 0.15) is 20.8 Å². The first-order valence-electron chi connectivity index (χ1n) is 6.08. The van der Waals surface area contributed by atoms with Gasteiger partial charge in [0.15, 0.2) is 12.2 Å². The van der Waals surface area contributed by atoms with E-state index in [9.17, 15) is 19.5 Å². The lowest BCUT2D eigenvalue weighted by Crippen LogP contribution is -2.57. The molecule has 0 radical (unpaired) electrons. The smallest absolute Gasteiger partial charge is 0.303 e. The molecule has 1 aliphatic heterocycles. The molecule has 0 unspecified atom stereocenters. The van der Waals surface area contributed by atoms with Crippen LogP contribution in [0.15, 0.2) is 0 Å². The van der Waals surface area contributed by atoms with Gasteiger partial charge in [-0.1, -0.05) is 0 Å². The Morgan fingerprint density at radius 1 is 1.10 bits per heavy atom. The molecule has 0 bridgehead atoms. The van der Waals surface area contributed by atoms with Crippen LogP contribution in [0.25, 0.3) is 0 Å². The number of rotatable bonds is 4. The van der Waals surface area contributed by atoms with E-state index in [0.717, 1.165) is 0 Å². The van der Waals surface area contributed by atoms with E-state index in [4.69, 9.17) is 18.9 Å². The molecule has 0 spiro atoms. The number of aliphatic hydroxyl groups excluding tert-OH is 1. The zero-order valence-electron chi connectivity index (χ0n) is 11.5. The first kappa shape index (κ1) is 16.4. The molecule has 1 rings (SSSR count). The maximum Gasteiger partial charge on any atom is 0.303 e. The zero-order valence-corrected chi connectivity index (χ0v) is 11.5. The van der Waals surface area contributed by atoms with Gasteiger partial charge in [0.2, 0.25) is 0 Å². The van der Waals surface area contributed by atoms with Gasteiger partial charge in [0.25, 0.3) is 0 Å². The molecule has 114 valence electrons. The Balaban J connectivity index is 2.73. The van der Waals surface area contributed by atoms with Crippen LogP contribution in [-0.2, 0) is 33.3 Å². The van der Waals surface area contributed by atoms with Gasteiger partial charge in [0.1, 0.15) is 18.8 Å². The quantitative estimate of drug-likeness (QED) is 0.528. The van der Waals surface area contributed by atoms with Crippen molar-refractivity contribution in [2.75, 3.05) is 13.2 Å². The third-order valence-corrected chi connectivity index (χ3v) is 2.63. The fraction of sp³-hybridized carbons (Fsp3) is 0.750. The molecule has 0 aromatic carbocycles. The Morgan fingerprint density at radius 3 is 2.20 bits per heavy atom. The highest BCUT2D eigenvalue weighted by atomic mass is 16.6.